The number of fused-ring (bicyclic) bond motifs is 1. The Morgan fingerprint density at radius 1 is 1.36 bits per heavy atom. The van der Waals surface area contributed by atoms with Crippen molar-refractivity contribution in [1.29, 1.82) is 0 Å². The number of esters is 1. The van der Waals surface area contributed by atoms with Crippen molar-refractivity contribution in [1.82, 2.24) is 4.90 Å². The van der Waals surface area contributed by atoms with Crippen molar-refractivity contribution in [2.24, 2.45) is 11.3 Å². The summed E-state index contributed by atoms with van der Waals surface area (Å²) in [7, 11) is -3.15. The van der Waals surface area contributed by atoms with Gasteiger partial charge in [-0.25, -0.2) is 8.42 Å². The second-order valence-electron chi connectivity index (χ2n) is 6.28. The molecule has 2 fully saturated rings. The molecule has 2 heterocycles. The Hall–Kier alpha value is -1.40. The van der Waals surface area contributed by atoms with Crippen molar-refractivity contribution in [2.45, 2.75) is 13.5 Å². The lowest BCUT2D eigenvalue weighted by Gasteiger charge is -2.25. The van der Waals surface area contributed by atoms with Crippen LogP contribution in [0.15, 0.2) is 30.3 Å². The minimum atomic E-state index is -3.15. The first-order chi connectivity index (χ1) is 10.5. The van der Waals surface area contributed by atoms with Crippen LogP contribution >= 0.6 is 0 Å². The summed E-state index contributed by atoms with van der Waals surface area (Å²) in [6.07, 6.45) is 0. The van der Waals surface area contributed by atoms with Gasteiger partial charge in [0.05, 0.1) is 23.5 Å². The highest BCUT2D eigenvalue weighted by Gasteiger charge is 2.60. The molecule has 0 aliphatic carbocycles. The van der Waals surface area contributed by atoms with Gasteiger partial charge in [-0.15, -0.1) is 0 Å². The van der Waals surface area contributed by atoms with E-state index in [2.05, 4.69) is 4.90 Å². The normalized spacial score (nSPS) is 30.1. The molecule has 6 heteroatoms. The molecule has 1 aromatic carbocycles. The maximum Gasteiger partial charge on any atom is 0.314 e. The van der Waals surface area contributed by atoms with Gasteiger partial charge in [-0.2, -0.15) is 0 Å². The summed E-state index contributed by atoms with van der Waals surface area (Å²) in [5, 5.41) is 0. The number of hydrogen-bond donors (Lipinski definition) is 0. The van der Waals surface area contributed by atoms with Gasteiger partial charge in [0.15, 0.2) is 9.84 Å². The molecular weight excluding hydrogens is 302 g/mol. The van der Waals surface area contributed by atoms with Crippen LogP contribution < -0.4 is 0 Å². The largest absolute Gasteiger partial charge is 0.465 e. The Balaban J connectivity index is 1.80. The summed E-state index contributed by atoms with van der Waals surface area (Å²) >= 11 is 0. The summed E-state index contributed by atoms with van der Waals surface area (Å²) in [6, 6.07) is 10.0. The van der Waals surface area contributed by atoms with Gasteiger partial charge in [-0.1, -0.05) is 30.3 Å². The van der Waals surface area contributed by atoms with E-state index in [1.807, 2.05) is 30.3 Å². The zero-order valence-electron chi connectivity index (χ0n) is 12.7. The van der Waals surface area contributed by atoms with Crippen LogP contribution in [-0.2, 0) is 25.9 Å². The van der Waals surface area contributed by atoms with E-state index in [-0.39, 0.29) is 30.0 Å². The summed E-state index contributed by atoms with van der Waals surface area (Å²) in [4.78, 5) is 14.6. The van der Waals surface area contributed by atoms with Crippen LogP contribution in [0.5, 0.6) is 0 Å². The topological polar surface area (TPSA) is 63.7 Å². The third kappa shape index (κ3) is 2.77. The standard InChI is InChI=1S/C16H21NO4S/c1-2-21-15(18)16-11-17(8-13-6-4-3-5-7-13)9-14(16)10-22(19,20)12-16/h3-7,14H,2,8-12H2,1H3/t14-,16-/m1/s1. The van der Waals surface area contributed by atoms with Crippen LogP contribution in [0.4, 0.5) is 0 Å². The van der Waals surface area contributed by atoms with Crippen molar-refractivity contribution in [3.05, 3.63) is 35.9 Å². The van der Waals surface area contributed by atoms with Gasteiger partial charge in [0, 0.05) is 25.6 Å². The molecule has 120 valence electrons. The molecule has 0 unspecified atom stereocenters. The van der Waals surface area contributed by atoms with Gasteiger partial charge in [-0.05, 0) is 12.5 Å². The molecule has 2 atom stereocenters. The SMILES string of the molecule is CCOC(=O)[C@@]12CN(Cc3ccccc3)C[C@@H]1CS(=O)(=O)C2. The van der Waals surface area contributed by atoms with E-state index in [9.17, 15) is 13.2 Å². The zero-order chi connectivity index (χ0) is 15.8. The molecule has 2 aliphatic heterocycles. The molecule has 2 aliphatic rings. The second-order valence-corrected chi connectivity index (χ2v) is 8.39. The van der Waals surface area contributed by atoms with Crippen LogP contribution in [0.1, 0.15) is 12.5 Å². The maximum atomic E-state index is 12.4. The number of sulfone groups is 1. The smallest absolute Gasteiger partial charge is 0.314 e. The van der Waals surface area contributed by atoms with Gasteiger partial charge >= 0.3 is 5.97 Å². The Kier molecular flexibility index (Phi) is 3.99. The van der Waals surface area contributed by atoms with Crippen molar-refractivity contribution in [3.63, 3.8) is 0 Å². The number of carbonyl (C=O) groups excluding carboxylic acids is 1. The molecule has 0 radical (unpaired) electrons. The average Bonchev–Trinajstić information content (AvgIpc) is 2.89. The van der Waals surface area contributed by atoms with Gasteiger partial charge in [0.1, 0.15) is 0 Å². The first-order valence-corrected chi connectivity index (χ1v) is 9.41. The molecule has 22 heavy (non-hydrogen) atoms. The molecule has 0 bridgehead atoms. The first kappa shape index (κ1) is 15.5. The second kappa shape index (κ2) is 5.66. The highest BCUT2D eigenvalue weighted by atomic mass is 32.2. The summed E-state index contributed by atoms with van der Waals surface area (Å²) < 4.78 is 29.2. The van der Waals surface area contributed by atoms with Gasteiger partial charge in [0.25, 0.3) is 0 Å². The number of nitrogens with zero attached hydrogens (tertiary/aromatic N) is 1. The van der Waals surface area contributed by atoms with E-state index in [4.69, 9.17) is 4.74 Å². The van der Waals surface area contributed by atoms with Crippen molar-refractivity contribution >= 4 is 15.8 Å². The maximum absolute atomic E-state index is 12.4. The van der Waals surface area contributed by atoms with Crippen LogP contribution in [0.3, 0.4) is 0 Å². The van der Waals surface area contributed by atoms with Crippen LogP contribution in [0, 0.1) is 11.3 Å². The monoisotopic (exact) mass is 323 g/mol. The highest BCUT2D eigenvalue weighted by molar-refractivity contribution is 7.91. The van der Waals surface area contributed by atoms with Crippen LogP contribution in [-0.4, -0.2) is 50.5 Å². The number of ether oxygens (including phenoxy) is 1. The quantitative estimate of drug-likeness (QED) is 0.776. The van der Waals surface area contributed by atoms with Crippen LogP contribution in [0.25, 0.3) is 0 Å². The number of benzene rings is 1. The Morgan fingerprint density at radius 3 is 2.77 bits per heavy atom. The van der Waals surface area contributed by atoms with E-state index in [0.29, 0.717) is 13.1 Å². The fourth-order valence-corrected chi connectivity index (χ4v) is 6.12. The molecule has 1 aromatic rings. The van der Waals surface area contributed by atoms with E-state index in [1.54, 1.807) is 6.92 Å². The molecule has 0 N–H and O–H groups in total. The van der Waals surface area contributed by atoms with Crippen LogP contribution in [0.2, 0.25) is 0 Å². The molecule has 3 rings (SSSR count). The lowest BCUT2D eigenvalue weighted by molar-refractivity contribution is -0.154. The number of rotatable bonds is 4. The molecule has 0 aromatic heterocycles. The van der Waals surface area contributed by atoms with Gasteiger partial charge < -0.3 is 4.74 Å². The van der Waals surface area contributed by atoms with E-state index in [0.717, 1.165) is 6.54 Å². The van der Waals surface area contributed by atoms with Gasteiger partial charge in [-0.3, -0.25) is 9.69 Å². The molecule has 0 amide bonds. The minimum Gasteiger partial charge on any atom is -0.465 e. The summed E-state index contributed by atoms with van der Waals surface area (Å²) in [5.74, 6) is -0.483. The first-order valence-electron chi connectivity index (χ1n) is 7.59. The van der Waals surface area contributed by atoms with Crippen molar-refractivity contribution in [3.8, 4) is 0 Å². The van der Waals surface area contributed by atoms with Crippen molar-refractivity contribution < 1.29 is 17.9 Å². The lowest BCUT2D eigenvalue weighted by atomic mass is 9.81. The number of carbonyl (C=O) groups is 1. The highest BCUT2D eigenvalue weighted by Crippen LogP contribution is 2.45. The predicted octanol–water partition coefficient (Wildman–Crippen LogP) is 1.10. The zero-order valence-corrected chi connectivity index (χ0v) is 13.5. The lowest BCUT2D eigenvalue weighted by Crippen LogP contribution is -2.41. The number of hydrogen-bond acceptors (Lipinski definition) is 5. The molecule has 2 saturated heterocycles. The summed E-state index contributed by atoms with van der Waals surface area (Å²) in [6.45, 7) is 3.87. The fourth-order valence-electron chi connectivity index (χ4n) is 3.74. The van der Waals surface area contributed by atoms with Gasteiger partial charge in [0.2, 0.25) is 0 Å². The Bertz CT molecular complexity index is 658. The predicted molar refractivity (Wildman–Crippen MR) is 82.9 cm³/mol. The molecular formula is C16H21NO4S. The molecule has 0 saturated carbocycles. The van der Waals surface area contributed by atoms with E-state index >= 15 is 0 Å². The fraction of sp³-hybridized carbons (Fsp3) is 0.562. The number of likely N-dealkylation sites (tertiary alicyclic amines) is 1. The Labute approximate surface area is 131 Å². The minimum absolute atomic E-state index is 0.0746. The third-order valence-corrected chi connectivity index (χ3v) is 6.49. The van der Waals surface area contributed by atoms with E-state index in [1.165, 1.54) is 5.56 Å². The summed E-state index contributed by atoms with van der Waals surface area (Å²) in [5.41, 5.74) is 0.299. The van der Waals surface area contributed by atoms with Crippen molar-refractivity contribution in [2.75, 3.05) is 31.2 Å². The molecule has 5 nitrogen and oxygen atoms in total. The third-order valence-electron chi connectivity index (χ3n) is 4.63. The van der Waals surface area contributed by atoms with E-state index < -0.39 is 15.3 Å². The average molecular weight is 323 g/mol. The molecule has 0 spiro atoms. The Morgan fingerprint density at radius 2 is 2.09 bits per heavy atom.